The lowest BCUT2D eigenvalue weighted by Crippen LogP contribution is -2.61. The van der Waals surface area contributed by atoms with Crippen LogP contribution in [0.25, 0.3) is 0 Å². The highest BCUT2D eigenvalue weighted by molar-refractivity contribution is 5.80. The van der Waals surface area contributed by atoms with Crippen molar-refractivity contribution in [2.24, 2.45) is 0 Å². The van der Waals surface area contributed by atoms with Gasteiger partial charge in [0.1, 0.15) is 24.4 Å². The van der Waals surface area contributed by atoms with Crippen LogP contribution in [0.4, 0.5) is 0 Å². The van der Waals surface area contributed by atoms with Crippen molar-refractivity contribution < 1.29 is 49.3 Å². The van der Waals surface area contributed by atoms with E-state index in [1.807, 2.05) is 6.08 Å². The average molecular weight is 1020 g/mol. The van der Waals surface area contributed by atoms with Crippen LogP contribution in [0.3, 0.4) is 0 Å². The Kier molecular flexibility index (Phi) is 46.1. The first kappa shape index (κ1) is 67.4. The number of unbranched alkanes of at least 4 members (excludes halogenated alkanes) is 27. The van der Waals surface area contributed by atoms with Gasteiger partial charge in [0.25, 0.3) is 0 Å². The summed E-state index contributed by atoms with van der Waals surface area (Å²) < 4.78 is 17.6. The molecule has 1 amide bonds. The predicted octanol–water partition coefficient (Wildman–Crippen LogP) is 13.4. The van der Waals surface area contributed by atoms with Gasteiger partial charge in [-0.2, -0.15) is 0 Å². The number of nitrogens with one attached hydrogen (secondary N) is 1. The van der Waals surface area contributed by atoms with E-state index in [-0.39, 0.29) is 19.4 Å². The molecule has 72 heavy (non-hydrogen) atoms. The van der Waals surface area contributed by atoms with Crippen molar-refractivity contribution in [3.63, 3.8) is 0 Å². The second kappa shape index (κ2) is 49.2. The Bertz CT molecular complexity index is 1400. The van der Waals surface area contributed by atoms with E-state index in [4.69, 9.17) is 14.2 Å². The van der Waals surface area contributed by atoms with E-state index in [0.717, 1.165) is 77.0 Å². The maximum atomic E-state index is 13.4. The molecule has 8 atom stereocenters. The number of esters is 1. The van der Waals surface area contributed by atoms with Crippen molar-refractivity contribution in [3.05, 3.63) is 60.8 Å². The third-order valence-corrected chi connectivity index (χ3v) is 13.7. The zero-order valence-corrected chi connectivity index (χ0v) is 46.0. The van der Waals surface area contributed by atoms with E-state index < -0.39 is 67.4 Å². The molecule has 6 N–H and O–H groups in total. The number of carbonyl (C=O) groups is 2. The molecule has 0 radical (unpaired) electrons. The van der Waals surface area contributed by atoms with Gasteiger partial charge in [-0.15, -0.1) is 0 Å². The predicted molar refractivity (Wildman–Crippen MR) is 296 cm³/mol. The van der Waals surface area contributed by atoms with Crippen LogP contribution in [0, 0.1) is 0 Å². The quantitative estimate of drug-likeness (QED) is 0.0195. The van der Waals surface area contributed by atoms with Gasteiger partial charge < -0.3 is 45.1 Å². The third-order valence-electron chi connectivity index (χ3n) is 13.7. The molecule has 1 fully saturated rings. The summed E-state index contributed by atoms with van der Waals surface area (Å²) in [5.41, 5.74) is 0. The minimum absolute atomic E-state index is 0.0857. The molecule has 0 aromatic heterocycles. The first-order chi connectivity index (χ1) is 35.2. The molecule has 1 saturated heterocycles. The Balaban J connectivity index is 2.73. The van der Waals surface area contributed by atoms with Gasteiger partial charge in [0.2, 0.25) is 5.91 Å². The molecule has 1 aliphatic rings. The monoisotopic (exact) mass is 1020 g/mol. The molecule has 0 aromatic rings. The van der Waals surface area contributed by atoms with Crippen molar-refractivity contribution in [1.29, 1.82) is 0 Å². The van der Waals surface area contributed by atoms with Crippen LogP contribution in [0.15, 0.2) is 60.8 Å². The molecule has 0 aromatic carbocycles. The minimum Gasteiger partial charge on any atom is -0.454 e. The van der Waals surface area contributed by atoms with Crippen LogP contribution >= 0.6 is 0 Å². The zero-order chi connectivity index (χ0) is 52.5. The molecule has 1 heterocycles. The molecule has 1 rings (SSSR count). The molecule has 11 heteroatoms. The average Bonchev–Trinajstić information content (AvgIpc) is 3.38. The summed E-state index contributed by atoms with van der Waals surface area (Å²) in [5.74, 6) is -1.22. The van der Waals surface area contributed by atoms with Gasteiger partial charge in [-0.25, -0.2) is 0 Å². The smallest absolute Gasteiger partial charge is 0.306 e. The van der Waals surface area contributed by atoms with Gasteiger partial charge in [0, 0.05) is 6.42 Å². The molecular weight excluding hydrogens is 907 g/mol. The van der Waals surface area contributed by atoms with Gasteiger partial charge in [0.15, 0.2) is 12.4 Å². The molecular formula is C61H109NO10. The first-order valence-corrected chi connectivity index (χ1v) is 29.6. The summed E-state index contributed by atoms with van der Waals surface area (Å²) in [6, 6.07) is -1.03. The highest BCUT2D eigenvalue weighted by atomic mass is 16.7. The van der Waals surface area contributed by atoms with Crippen LogP contribution in [0.2, 0.25) is 0 Å². The van der Waals surface area contributed by atoms with Crippen LogP contribution in [0.5, 0.6) is 0 Å². The topological polar surface area (TPSA) is 175 Å². The van der Waals surface area contributed by atoms with Crippen molar-refractivity contribution in [1.82, 2.24) is 5.32 Å². The second-order valence-electron chi connectivity index (χ2n) is 20.4. The fourth-order valence-corrected chi connectivity index (χ4v) is 8.93. The molecule has 11 nitrogen and oxygen atoms in total. The summed E-state index contributed by atoms with van der Waals surface area (Å²) in [6.07, 6.45) is 49.7. The van der Waals surface area contributed by atoms with Crippen molar-refractivity contribution in [2.45, 2.75) is 301 Å². The van der Waals surface area contributed by atoms with Gasteiger partial charge in [-0.05, 0) is 70.6 Å². The van der Waals surface area contributed by atoms with E-state index >= 15 is 0 Å². The van der Waals surface area contributed by atoms with E-state index in [9.17, 15) is 35.1 Å². The summed E-state index contributed by atoms with van der Waals surface area (Å²) >= 11 is 0. The lowest BCUT2D eigenvalue weighted by Gasteiger charge is -2.41. The molecule has 1 aliphatic heterocycles. The van der Waals surface area contributed by atoms with Crippen molar-refractivity contribution in [2.75, 3.05) is 13.2 Å². The van der Waals surface area contributed by atoms with Crippen LogP contribution in [-0.4, -0.2) is 99.6 Å². The van der Waals surface area contributed by atoms with Gasteiger partial charge >= 0.3 is 5.97 Å². The summed E-state index contributed by atoms with van der Waals surface area (Å²) in [6.45, 7) is 5.73. The number of rotatable bonds is 49. The highest BCUT2D eigenvalue weighted by Gasteiger charge is 2.47. The van der Waals surface area contributed by atoms with E-state index in [1.54, 1.807) is 6.08 Å². The maximum Gasteiger partial charge on any atom is 0.306 e. The van der Waals surface area contributed by atoms with Gasteiger partial charge in [-0.1, -0.05) is 236 Å². The minimum atomic E-state index is -1.63. The largest absolute Gasteiger partial charge is 0.454 e. The van der Waals surface area contributed by atoms with Crippen LogP contribution in [0.1, 0.15) is 252 Å². The van der Waals surface area contributed by atoms with Gasteiger partial charge in [0.05, 0.1) is 25.4 Å². The Morgan fingerprint density at radius 3 is 1.46 bits per heavy atom. The third kappa shape index (κ3) is 37.1. The van der Waals surface area contributed by atoms with Gasteiger partial charge in [-0.3, -0.25) is 9.59 Å². The number of amides is 1. The Morgan fingerprint density at radius 1 is 0.542 bits per heavy atom. The lowest BCUT2D eigenvalue weighted by molar-refractivity contribution is -0.305. The van der Waals surface area contributed by atoms with Crippen molar-refractivity contribution in [3.8, 4) is 0 Å². The maximum absolute atomic E-state index is 13.4. The fraction of sp³-hybridized carbons (Fsp3) is 0.803. The normalized spacial score (nSPS) is 19.9. The standard InChI is InChI=1S/C61H109NO10/c1-4-7-10-13-16-19-22-25-26-27-28-29-30-31-34-37-40-43-46-49-56(66)72-59-58(68)57(67)55(50-63)71-61(59)70-51-52(53(64)47-44-41-38-35-32-23-20-17-14-11-8-5-2)62-60(69)54(65)48-45-42-39-36-33-24-21-18-15-12-9-6-3/h16,19,25-26,28-29,31,34,44,47,52-55,57-59,61,63-65,67-68H,4-15,17-18,20-24,27,30,32-33,35-43,45-46,48-51H2,1-3H3,(H,62,69)/b19-16-,26-25-,29-28-,34-31-,47-44+. The number of carbonyl (C=O) groups excluding carboxylic acids is 2. The molecule has 0 saturated carbocycles. The summed E-state index contributed by atoms with van der Waals surface area (Å²) in [5, 5.41) is 56.8. The molecule has 0 bridgehead atoms. The van der Waals surface area contributed by atoms with Crippen LogP contribution < -0.4 is 5.32 Å². The Labute approximate surface area is 439 Å². The fourth-order valence-electron chi connectivity index (χ4n) is 8.93. The van der Waals surface area contributed by atoms with E-state index in [0.29, 0.717) is 12.8 Å². The Hall–Kier alpha value is -2.64. The molecule has 8 unspecified atom stereocenters. The highest BCUT2D eigenvalue weighted by Crippen LogP contribution is 2.26. The number of aliphatic hydroxyl groups is 5. The first-order valence-electron chi connectivity index (χ1n) is 29.6. The number of ether oxygens (including phenoxy) is 3. The number of aliphatic hydroxyl groups excluding tert-OH is 5. The second-order valence-corrected chi connectivity index (χ2v) is 20.4. The summed E-state index contributed by atoms with van der Waals surface area (Å²) in [4.78, 5) is 26.4. The number of hydrogen-bond acceptors (Lipinski definition) is 10. The molecule has 0 aliphatic carbocycles. The summed E-state index contributed by atoms with van der Waals surface area (Å²) in [7, 11) is 0. The number of allylic oxidation sites excluding steroid dienone is 9. The zero-order valence-electron chi connectivity index (χ0n) is 46.0. The SMILES string of the molecule is CCCCC/C=C\C/C=C\C/C=C\C/C=C\CCCCCC(=O)OC1C(OCC(NC(=O)C(O)CCCCCCCCCCCCCC)C(O)/C=C/CCCCCCCCCCCC)OC(CO)C(O)C1O. The Morgan fingerprint density at radius 2 is 0.958 bits per heavy atom. The van der Waals surface area contributed by atoms with Crippen molar-refractivity contribution >= 4 is 11.9 Å². The molecule has 0 spiro atoms. The van der Waals surface area contributed by atoms with E-state index in [1.165, 1.54) is 128 Å². The van der Waals surface area contributed by atoms with E-state index in [2.05, 4.69) is 74.7 Å². The molecule has 418 valence electrons. The number of hydrogen-bond donors (Lipinski definition) is 6. The lowest BCUT2D eigenvalue weighted by atomic mass is 9.99. The van der Waals surface area contributed by atoms with Crippen LogP contribution in [-0.2, 0) is 23.8 Å².